The number of ketones is 1. The normalized spacial score (nSPS) is 16.4. The van der Waals surface area contributed by atoms with Crippen LogP contribution in [0, 0.1) is 5.82 Å². The summed E-state index contributed by atoms with van der Waals surface area (Å²) in [5, 5.41) is 5.12. The van der Waals surface area contributed by atoms with Crippen molar-refractivity contribution in [2.75, 3.05) is 7.11 Å². The molecule has 2 aromatic carbocycles. The van der Waals surface area contributed by atoms with Gasteiger partial charge in [-0.15, -0.1) is 0 Å². The van der Waals surface area contributed by atoms with Crippen LogP contribution >= 0.6 is 0 Å². The Hall–Kier alpha value is -2.71. The molecule has 1 aliphatic rings. The number of nitrogens with two attached hydrogens (primary N) is 1. The van der Waals surface area contributed by atoms with E-state index in [1.807, 2.05) is 0 Å². The minimum atomic E-state index is -3.84. The molecular formula is C19H18FNO5S. The van der Waals surface area contributed by atoms with E-state index in [1.165, 1.54) is 49.6 Å². The number of carbonyl (C=O) groups excluding carboxylic acids is 1. The van der Waals surface area contributed by atoms with E-state index >= 15 is 0 Å². The lowest BCUT2D eigenvalue weighted by atomic mass is 9.92. The summed E-state index contributed by atoms with van der Waals surface area (Å²) in [5.74, 6) is -0.547. The van der Waals surface area contributed by atoms with E-state index in [-0.39, 0.29) is 27.8 Å². The lowest BCUT2D eigenvalue weighted by Gasteiger charge is -2.17. The lowest BCUT2D eigenvalue weighted by Crippen LogP contribution is -2.29. The Morgan fingerprint density at radius 3 is 2.22 bits per heavy atom. The molecule has 27 heavy (non-hydrogen) atoms. The van der Waals surface area contributed by atoms with Gasteiger partial charge in [0.2, 0.25) is 15.8 Å². The molecule has 142 valence electrons. The van der Waals surface area contributed by atoms with Crippen LogP contribution in [-0.2, 0) is 19.6 Å². The summed E-state index contributed by atoms with van der Waals surface area (Å²) >= 11 is 0. The summed E-state index contributed by atoms with van der Waals surface area (Å²) in [6.07, 6.45) is 0. The van der Waals surface area contributed by atoms with Crippen LogP contribution in [0.5, 0.6) is 5.75 Å². The molecule has 1 aliphatic heterocycles. The van der Waals surface area contributed by atoms with Crippen LogP contribution in [0.2, 0.25) is 0 Å². The first-order valence-corrected chi connectivity index (χ1v) is 9.54. The van der Waals surface area contributed by atoms with Crippen molar-refractivity contribution in [1.29, 1.82) is 0 Å². The largest absolute Gasteiger partial charge is 0.494 e. The van der Waals surface area contributed by atoms with Gasteiger partial charge in [0.05, 0.1) is 17.6 Å². The van der Waals surface area contributed by atoms with Gasteiger partial charge in [-0.1, -0.05) is 6.07 Å². The minimum absolute atomic E-state index is 0.00132. The molecule has 1 heterocycles. The maximum atomic E-state index is 13.8. The number of Topliss-reactive ketones (excluding diaryl/α,β-unsaturated/α-hetero) is 1. The van der Waals surface area contributed by atoms with E-state index in [0.29, 0.717) is 11.1 Å². The zero-order valence-corrected chi connectivity index (χ0v) is 15.8. The van der Waals surface area contributed by atoms with Gasteiger partial charge >= 0.3 is 0 Å². The summed E-state index contributed by atoms with van der Waals surface area (Å²) < 4.78 is 47.5. The second-order valence-electron chi connectivity index (χ2n) is 6.56. The summed E-state index contributed by atoms with van der Waals surface area (Å²) in [6.45, 7) is 3.25. The maximum Gasteiger partial charge on any atom is 0.238 e. The molecule has 0 fully saturated rings. The molecule has 3 rings (SSSR count). The van der Waals surface area contributed by atoms with Gasteiger partial charge in [0.25, 0.3) is 0 Å². The highest BCUT2D eigenvalue weighted by Crippen LogP contribution is 2.42. The zero-order chi connectivity index (χ0) is 20.0. The molecule has 0 radical (unpaired) electrons. The van der Waals surface area contributed by atoms with Gasteiger partial charge in [-0.2, -0.15) is 0 Å². The first kappa shape index (κ1) is 19.1. The summed E-state index contributed by atoms with van der Waals surface area (Å²) in [7, 11) is -2.50. The summed E-state index contributed by atoms with van der Waals surface area (Å²) in [5.41, 5.74) is 0.0841. The molecule has 0 aromatic heterocycles. The Morgan fingerprint density at radius 2 is 1.67 bits per heavy atom. The predicted molar refractivity (Wildman–Crippen MR) is 97.8 cm³/mol. The topological polar surface area (TPSA) is 95.7 Å². The van der Waals surface area contributed by atoms with Crippen molar-refractivity contribution in [1.82, 2.24) is 0 Å². The molecule has 0 amide bonds. The fourth-order valence-corrected chi connectivity index (χ4v) is 3.35. The number of hydrogen-bond acceptors (Lipinski definition) is 5. The molecule has 2 aromatic rings. The molecule has 2 N–H and O–H groups in total. The lowest BCUT2D eigenvalue weighted by molar-refractivity contribution is -0.125. The third-order valence-corrected chi connectivity index (χ3v) is 5.17. The highest BCUT2D eigenvalue weighted by Gasteiger charge is 2.43. The SMILES string of the molecule is COc1cc(C2=C(c3ccc(S(N)(=O)=O)cc3)OC(C)(C)C2=O)ccc1F. The van der Waals surface area contributed by atoms with Gasteiger partial charge in [-0.3, -0.25) is 4.79 Å². The quantitative estimate of drug-likeness (QED) is 0.865. The molecule has 0 saturated heterocycles. The number of halogens is 1. The Balaban J connectivity index is 2.18. The number of carbonyl (C=O) groups is 1. The number of sulfonamides is 1. The van der Waals surface area contributed by atoms with Gasteiger partial charge in [0.1, 0.15) is 5.76 Å². The Bertz CT molecular complexity index is 1060. The van der Waals surface area contributed by atoms with Crippen LogP contribution < -0.4 is 9.88 Å². The third kappa shape index (κ3) is 3.45. The van der Waals surface area contributed by atoms with Gasteiger partial charge < -0.3 is 9.47 Å². The predicted octanol–water partition coefficient (Wildman–Crippen LogP) is 2.73. The van der Waals surface area contributed by atoms with Crippen LogP contribution in [0.15, 0.2) is 47.4 Å². The van der Waals surface area contributed by atoms with Crippen LogP contribution in [0.1, 0.15) is 25.0 Å². The molecule has 8 heteroatoms. The van der Waals surface area contributed by atoms with Crippen LogP contribution in [0.4, 0.5) is 4.39 Å². The van der Waals surface area contributed by atoms with Crippen molar-refractivity contribution >= 4 is 27.1 Å². The average Bonchev–Trinajstić information content (AvgIpc) is 2.85. The summed E-state index contributed by atoms with van der Waals surface area (Å²) in [6, 6.07) is 9.77. The second kappa shape index (κ2) is 6.47. The number of hydrogen-bond donors (Lipinski definition) is 1. The molecule has 6 nitrogen and oxygen atoms in total. The van der Waals surface area contributed by atoms with E-state index in [9.17, 15) is 17.6 Å². The number of benzene rings is 2. The number of rotatable bonds is 4. The van der Waals surface area contributed by atoms with E-state index in [0.717, 1.165) is 0 Å². The number of ether oxygens (including phenoxy) is 2. The molecule has 0 aliphatic carbocycles. The van der Waals surface area contributed by atoms with E-state index in [4.69, 9.17) is 14.6 Å². The molecule has 0 atom stereocenters. The Labute approximate surface area is 156 Å². The standard InChI is InChI=1S/C19H18FNO5S/c1-19(2)18(22)16(12-6-9-14(20)15(10-12)25-3)17(26-19)11-4-7-13(8-5-11)27(21,23)24/h4-10H,1-3H3,(H2,21,23,24). The van der Waals surface area contributed by atoms with Crippen molar-refractivity contribution < 1.29 is 27.1 Å². The zero-order valence-electron chi connectivity index (χ0n) is 14.9. The molecule has 0 spiro atoms. The van der Waals surface area contributed by atoms with Gasteiger partial charge in [0, 0.05) is 5.56 Å². The van der Waals surface area contributed by atoms with Crippen molar-refractivity contribution in [3.05, 3.63) is 59.4 Å². The fraction of sp³-hybridized carbons (Fsp3) is 0.211. The fourth-order valence-electron chi connectivity index (χ4n) is 2.83. The monoisotopic (exact) mass is 391 g/mol. The van der Waals surface area contributed by atoms with Gasteiger partial charge in [0.15, 0.2) is 17.2 Å². The third-order valence-electron chi connectivity index (χ3n) is 4.24. The Morgan fingerprint density at radius 1 is 1.07 bits per heavy atom. The smallest absolute Gasteiger partial charge is 0.238 e. The van der Waals surface area contributed by atoms with E-state index < -0.39 is 21.4 Å². The molecule has 0 saturated carbocycles. The highest BCUT2D eigenvalue weighted by molar-refractivity contribution is 7.89. The maximum absolute atomic E-state index is 13.8. The molecular weight excluding hydrogens is 373 g/mol. The van der Waals surface area contributed by atoms with Crippen LogP contribution in [0.25, 0.3) is 11.3 Å². The summed E-state index contributed by atoms with van der Waals surface area (Å²) in [4.78, 5) is 12.8. The van der Waals surface area contributed by atoms with Crippen molar-refractivity contribution in [3.8, 4) is 5.75 Å². The molecule has 0 unspecified atom stereocenters. The van der Waals surface area contributed by atoms with Crippen LogP contribution in [-0.4, -0.2) is 26.9 Å². The van der Waals surface area contributed by atoms with Crippen LogP contribution in [0.3, 0.4) is 0 Å². The van der Waals surface area contributed by atoms with Crippen molar-refractivity contribution in [2.24, 2.45) is 5.14 Å². The van der Waals surface area contributed by atoms with Crippen molar-refractivity contribution in [2.45, 2.75) is 24.3 Å². The van der Waals surface area contributed by atoms with Gasteiger partial charge in [-0.05, 0) is 55.8 Å². The first-order chi connectivity index (χ1) is 12.5. The van der Waals surface area contributed by atoms with E-state index in [1.54, 1.807) is 13.8 Å². The Kier molecular flexibility index (Phi) is 4.57. The average molecular weight is 391 g/mol. The van der Waals surface area contributed by atoms with Crippen molar-refractivity contribution in [3.63, 3.8) is 0 Å². The first-order valence-electron chi connectivity index (χ1n) is 8.00. The van der Waals surface area contributed by atoms with E-state index in [2.05, 4.69) is 0 Å². The minimum Gasteiger partial charge on any atom is -0.494 e. The molecule has 0 bridgehead atoms. The second-order valence-corrected chi connectivity index (χ2v) is 8.13. The highest BCUT2D eigenvalue weighted by atomic mass is 32.2. The number of primary sulfonamides is 1. The number of methoxy groups -OCH3 is 1. The van der Waals surface area contributed by atoms with Gasteiger partial charge in [-0.25, -0.2) is 17.9 Å².